The normalized spacial score (nSPS) is 15.6. The van der Waals surface area contributed by atoms with Gasteiger partial charge in [0.25, 0.3) is 0 Å². The molecule has 0 radical (unpaired) electrons. The average molecular weight is 778 g/mol. The second-order valence-corrected chi connectivity index (χ2v) is 17.0. The van der Waals surface area contributed by atoms with Crippen molar-refractivity contribution in [1.29, 1.82) is 0 Å². The number of anilines is 3. The summed E-state index contributed by atoms with van der Waals surface area (Å²) in [6.45, 7) is 4.79. The highest BCUT2D eigenvalue weighted by atomic mass is 15.1. The summed E-state index contributed by atoms with van der Waals surface area (Å²) >= 11 is 0. The highest BCUT2D eigenvalue weighted by Gasteiger charge is 2.41. The summed E-state index contributed by atoms with van der Waals surface area (Å²) in [5.41, 5.74) is 15.7. The Balaban J connectivity index is 1.21. The van der Waals surface area contributed by atoms with Crippen LogP contribution in [0.2, 0.25) is 0 Å². The van der Waals surface area contributed by atoms with Gasteiger partial charge in [-0.25, -0.2) is 0 Å². The Morgan fingerprint density at radius 3 is 1.43 bits per heavy atom. The van der Waals surface area contributed by atoms with E-state index in [9.17, 15) is 0 Å². The van der Waals surface area contributed by atoms with Crippen molar-refractivity contribution in [2.24, 2.45) is 11.8 Å². The van der Waals surface area contributed by atoms with E-state index in [1.54, 1.807) is 0 Å². The first-order chi connectivity index (χ1) is 29.6. The SMILES string of the molecule is Cc1cc(N(c2ccc(-c3ccccc3)cc2)c2ccc(-c3ccccc3)cc2)ccc1C(c1ccccc1)(c1ccccc1)c1ccccc1C[C@@H]1CCCC[C@@H](C)C1. The molecule has 1 aliphatic rings. The first kappa shape index (κ1) is 39.0. The lowest BCUT2D eigenvalue weighted by Crippen LogP contribution is -2.33. The molecule has 1 heteroatoms. The molecule has 1 saturated carbocycles. The molecule has 8 aromatic carbocycles. The van der Waals surface area contributed by atoms with Crippen molar-refractivity contribution < 1.29 is 0 Å². The lowest BCUT2D eigenvalue weighted by molar-refractivity contribution is 0.393. The minimum absolute atomic E-state index is 0.530. The second-order valence-electron chi connectivity index (χ2n) is 17.0. The van der Waals surface area contributed by atoms with Crippen LogP contribution in [0.5, 0.6) is 0 Å². The van der Waals surface area contributed by atoms with Crippen LogP contribution in [0.25, 0.3) is 22.3 Å². The first-order valence-electron chi connectivity index (χ1n) is 22.0. The van der Waals surface area contributed by atoms with Gasteiger partial charge >= 0.3 is 0 Å². The Kier molecular flexibility index (Phi) is 11.6. The van der Waals surface area contributed by atoms with Crippen molar-refractivity contribution >= 4 is 17.1 Å². The molecule has 0 saturated heterocycles. The molecule has 0 spiro atoms. The maximum absolute atomic E-state index is 2.46. The fourth-order valence-corrected chi connectivity index (χ4v) is 10.1. The Morgan fingerprint density at radius 1 is 0.450 bits per heavy atom. The van der Waals surface area contributed by atoms with E-state index in [0.717, 1.165) is 29.4 Å². The summed E-state index contributed by atoms with van der Waals surface area (Å²) < 4.78 is 0. The number of benzene rings is 8. The van der Waals surface area contributed by atoms with Crippen molar-refractivity contribution in [3.05, 3.63) is 246 Å². The zero-order valence-electron chi connectivity index (χ0n) is 35.1. The number of hydrogen-bond donors (Lipinski definition) is 0. The van der Waals surface area contributed by atoms with Crippen molar-refractivity contribution in [2.45, 2.75) is 57.8 Å². The second kappa shape index (κ2) is 17.8. The van der Waals surface area contributed by atoms with Crippen molar-refractivity contribution in [3.8, 4) is 22.3 Å². The molecule has 0 N–H and O–H groups in total. The maximum atomic E-state index is 2.46. The molecule has 1 fully saturated rings. The molecule has 296 valence electrons. The van der Waals surface area contributed by atoms with E-state index in [-0.39, 0.29) is 0 Å². The van der Waals surface area contributed by atoms with Gasteiger partial charge in [-0.15, -0.1) is 0 Å². The molecule has 1 aliphatic carbocycles. The van der Waals surface area contributed by atoms with E-state index in [1.807, 2.05) is 0 Å². The van der Waals surface area contributed by atoms with E-state index >= 15 is 0 Å². The Hall–Kier alpha value is -6.44. The fourth-order valence-electron chi connectivity index (χ4n) is 10.1. The largest absolute Gasteiger partial charge is 0.310 e. The Bertz CT molecular complexity index is 2470. The lowest BCUT2D eigenvalue weighted by Gasteiger charge is -2.40. The molecular weight excluding hydrogens is 723 g/mol. The van der Waals surface area contributed by atoms with Gasteiger partial charge in [-0.2, -0.15) is 0 Å². The Morgan fingerprint density at radius 2 is 0.900 bits per heavy atom. The van der Waals surface area contributed by atoms with Crippen molar-refractivity contribution in [3.63, 3.8) is 0 Å². The van der Waals surface area contributed by atoms with E-state index in [0.29, 0.717) is 5.92 Å². The van der Waals surface area contributed by atoms with E-state index in [4.69, 9.17) is 0 Å². The molecule has 0 aromatic heterocycles. The molecule has 0 amide bonds. The number of hydrogen-bond acceptors (Lipinski definition) is 1. The van der Waals surface area contributed by atoms with Crippen LogP contribution in [-0.2, 0) is 11.8 Å². The van der Waals surface area contributed by atoms with Gasteiger partial charge in [0.1, 0.15) is 0 Å². The first-order valence-corrected chi connectivity index (χ1v) is 22.0. The maximum Gasteiger partial charge on any atom is 0.0706 e. The monoisotopic (exact) mass is 777 g/mol. The molecule has 0 bridgehead atoms. The summed E-state index contributed by atoms with van der Waals surface area (Å²) in [5.74, 6) is 1.46. The highest BCUT2D eigenvalue weighted by molar-refractivity contribution is 5.81. The third-order valence-corrected chi connectivity index (χ3v) is 13.0. The van der Waals surface area contributed by atoms with Gasteiger partial charge in [0.05, 0.1) is 5.41 Å². The summed E-state index contributed by atoms with van der Waals surface area (Å²) in [4.78, 5) is 2.41. The van der Waals surface area contributed by atoms with Crippen molar-refractivity contribution in [1.82, 2.24) is 0 Å². The number of nitrogens with zero attached hydrogens (tertiary/aromatic N) is 1. The van der Waals surface area contributed by atoms with Gasteiger partial charge in [0, 0.05) is 17.1 Å². The number of rotatable bonds is 11. The van der Waals surface area contributed by atoms with Crippen LogP contribution in [0.3, 0.4) is 0 Å². The average Bonchev–Trinajstić information content (AvgIpc) is 3.52. The van der Waals surface area contributed by atoms with Gasteiger partial charge < -0.3 is 4.90 Å². The number of aryl methyl sites for hydroxylation is 1. The fraction of sp³-hybridized carbons (Fsp3) is 0.186. The molecular formula is C59H55N. The topological polar surface area (TPSA) is 3.24 Å². The molecule has 60 heavy (non-hydrogen) atoms. The van der Waals surface area contributed by atoms with Crippen LogP contribution >= 0.6 is 0 Å². The molecule has 0 unspecified atom stereocenters. The molecule has 2 atom stereocenters. The van der Waals surface area contributed by atoms with Crippen LogP contribution in [0.4, 0.5) is 17.1 Å². The van der Waals surface area contributed by atoms with E-state index < -0.39 is 5.41 Å². The van der Waals surface area contributed by atoms with Crippen LogP contribution in [-0.4, -0.2) is 0 Å². The zero-order chi connectivity index (χ0) is 40.7. The lowest BCUT2D eigenvalue weighted by atomic mass is 9.62. The summed E-state index contributed by atoms with van der Waals surface area (Å²) in [5, 5.41) is 0. The summed E-state index contributed by atoms with van der Waals surface area (Å²) in [7, 11) is 0. The van der Waals surface area contributed by atoms with Crippen LogP contribution in [0.15, 0.2) is 212 Å². The minimum Gasteiger partial charge on any atom is -0.310 e. The van der Waals surface area contributed by atoms with E-state index in [2.05, 4.69) is 231 Å². The predicted octanol–water partition coefficient (Wildman–Crippen LogP) is 15.9. The van der Waals surface area contributed by atoms with Gasteiger partial charge in [0.15, 0.2) is 0 Å². The van der Waals surface area contributed by atoms with Gasteiger partial charge in [-0.05, 0) is 124 Å². The van der Waals surface area contributed by atoms with Crippen LogP contribution in [0, 0.1) is 18.8 Å². The van der Waals surface area contributed by atoms with Crippen molar-refractivity contribution in [2.75, 3.05) is 4.90 Å². The molecule has 9 rings (SSSR count). The summed E-state index contributed by atoms with van der Waals surface area (Å²) in [6.07, 6.45) is 7.76. The molecule has 0 heterocycles. The minimum atomic E-state index is -0.530. The quantitative estimate of drug-likeness (QED) is 0.0934. The predicted molar refractivity (Wildman–Crippen MR) is 254 cm³/mol. The van der Waals surface area contributed by atoms with Gasteiger partial charge in [-0.1, -0.05) is 209 Å². The highest BCUT2D eigenvalue weighted by Crippen LogP contribution is 2.49. The van der Waals surface area contributed by atoms with Crippen LogP contribution < -0.4 is 4.90 Å². The van der Waals surface area contributed by atoms with Gasteiger partial charge in [-0.3, -0.25) is 0 Å². The van der Waals surface area contributed by atoms with E-state index in [1.165, 1.54) is 87.7 Å². The third-order valence-electron chi connectivity index (χ3n) is 13.0. The summed E-state index contributed by atoms with van der Waals surface area (Å²) in [6, 6.07) is 78.5. The molecule has 1 nitrogen and oxygen atoms in total. The zero-order valence-corrected chi connectivity index (χ0v) is 35.1. The molecule has 0 aliphatic heterocycles. The van der Waals surface area contributed by atoms with Gasteiger partial charge in [0.2, 0.25) is 0 Å². The van der Waals surface area contributed by atoms with Crippen LogP contribution in [0.1, 0.15) is 72.4 Å². The smallest absolute Gasteiger partial charge is 0.0706 e. The third kappa shape index (κ3) is 7.97. The standard InChI is InChI=1S/C59H55N/c1-44-19-15-16-20-46(41-44)43-51-25-17-18-30-58(51)59(52-26-11-5-12-27-52,53-28-13-6-14-29-53)57-40-39-56(42-45(57)2)60(54-35-31-49(32-36-54)47-21-7-3-8-22-47)55-37-33-50(34-38-55)48-23-9-4-10-24-48/h3-14,17-18,21-40,42,44,46H,15-16,19-20,41,43H2,1-2H3/t44-,46-/m1/s1. The Labute approximate surface area is 358 Å². The molecule has 8 aromatic rings.